The summed E-state index contributed by atoms with van der Waals surface area (Å²) in [5, 5.41) is 2.81. The average molecular weight is 400 g/mol. The SMILES string of the molecule is CC(=O)c1cccc(NC(=O)c2ccccc2-c2ncc(-c3ccc(F)cc3)o2)c1. The van der Waals surface area contributed by atoms with Gasteiger partial charge in [-0.1, -0.05) is 24.3 Å². The largest absolute Gasteiger partial charge is 0.436 e. The second kappa shape index (κ2) is 8.13. The van der Waals surface area contributed by atoms with Gasteiger partial charge in [0.25, 0.3) is 5.91 Å². The summed E-state index contributed by atoms with van der Waals surface area (Å²) >= 11 is 0. The standard InChI is InChI=1S/C24H17FN2O3/c1-15(28)17-5-4-6-19(13-17)27-23(29)20-7-2-3-8-21(20)24-26-14-22(30-24)16-9-11-18(25)12-10-16/h2-14H,1H3,(H,27,29). The number of hydrogen-bond acceptors (Lipinski definition) is 4. The fourth-order valence-electron chi connectivity index (χ4n) is 3.03. The number of oxazole rings is 1. The maximum Gasteiger partial charge on any atom is 0.256 e. The number of nitrogens with one attached hydrogen (secondary N) is 1. The van der Waals surface area contributed by atoms with Crippen LogP contribution in [0.1, 0.15) is 27.6 Å². The highest BCUT2D eigenvalue weighted by molar-refractivity contribution is 6.08. The minimum atomic E-state index is -0.354. The Kier molecular flexibility index (Phi) is 5.22. The molecule has 0 unspecified atom stereocenters. The van der Waals surface area contributed by atoms with Crippen molar-refractivity contribution in [1.29, 1.82) is 0 Å². The molecule has 0 aliphatic rings. The summed E-state index contributed by atoms with van der Waals surface area (Å²) in [5.41, 5.74) is 2.60. The summed E-state index contributed by atoms with van der Waals surface area (Å²) in [6, 6.07) is 19.5. The molecular formula is C24H17FN2O3. The molecule has 0 aliphatic heterocycles. The lowest BCUT2D eigenvalue weighted by Gasteiger charge is -2.09. The van der Waals surface area contributed by atoms with Gasteiger partial charge >= 0.3 is 0 Å². The third kappa shape index (κ3) is 4.03. The fraction of sp³-hybridized carbons (Fsp3) is 0.0417. The van der Waals surface area contributed by atoms with Crippen molar-refractivity contribution in [1.82, 2.24) is 4.98 Å². The molecule has 0 bridgehead atoms. The molecule has 30 heavy (non-hydrogen) atoms. The number of rotatable bonds is 5. The van der Waals surface area contributed by atoms with E-state index in [1.807, 2.05) is 0 Å². The van der Waals surface area contributed by atoms with Crippen molar-refractivity contribution in [3.8, 4) is 22.8 Å². The third-order valence-corrected chi connectivity index (χ3v) is 4.56. The zero-order valence-corrected chi connectivity index (χ0v) is 16.1. The highest BCUT2D eigenvalue weighted by Gasteiger charge is 2.17. The molecule has 1 amide bonds. The van der Waals surface area contributed by atoms with Crippen molar-refractivity contribution in [2.45, 2.75) is 6.92 Å². The van der Waals surface area contributed by atoms with Gasteiger partial charge in [-0.05, 0) is 55.5 Å². The maximum atomic E-state index is 13.2. The molecule has 4 aromatic rings. The monoisotopic (exact) mass is 400 g/mol. The molecule has 0 radical (unpaired) electrons. The van der Waals surface area contributed by atoms with Crippen molar-refractivity contribution >= 4 is 17.4 Å². The van der Waals surface area contributed by atoms with Crippen LogP contribution in [-0.2, 0) is 0 Å². The fourth-order valence-corrected chi connectivity index (χ4v) is 3.03. The number of benzene rings is 3. The molecule has 0 spiro atoms. The van der Waals surface area contributed by atoms with Gasteiger partial charge in [0.15, 0.2) is 11.5 Å². The van der Waals surface area contributed by atoms with E-state index in [2.05, 4.69) is 10.3 Å². The van der Waals surface area contributed by atoms with Crippen LogP contribution in [0, 0.1) is 5.82 Å². The van der Waals surface area contributed by atoms with Crippen molar-refractivity contribution in [2.24, 2.45) is 0 Å². The first kappa shape index (κ1) is 19.3. The number of amides is 1. The zero-order valence-electron chi connectivity index (χ0n) is 16.1. The Balaban J connectivity index is 1.63. The van der Waals surface area contributed by atoms with Crippen molar-refractivity contribution in [3.63, 3.8) is 0 Å². The predicted octanol–water partition coefficient (Wildman–Crippen LogP) is 5.60. The molecule has 0 saturated carbocycles. The van der Waals surface area contributed by atoms with Crippen molar-refractivity contribution < 1.29 is 18.4 Å². The Hall–Kier alpha value is -4.06. The van der Waals surface area contributed by atoms with Crippen LogP contribution in [0.4, 0.5) is 10.1 Å². The number of carbonyl (C=O) groups excluding carboxylic acids is 2. The van der Waals surface area contributed by atoms with E-state index in [1.54, 1.807) is 60.7 Å². The highest BCUT2D eigenvalue weighted by atomic mass is 19.1. The van der Waals surface area contributed by atoms with E-state index < -0.39 is 0 Å². The minimum absolute atomic E-state index is 0.0837. The molecule has 1 aromatic heterocycles. The van der Waals surface area contributed by atoms with Gasteiger partial charge in [0.1, 0.15) is 5.82 Å². The topological polar surface area (TPSA) is 72.2 Å². The molecule has 1 N–H and O–H groups in total. The van der Waals surface area contributed by atoms with E-state index in [4.69, 9.17) is 4.42 Å². The Labute approximate surface area is 172 Å². The average Bonchev–Trinajstić information content (AvgIpc) is 3.24. The maximum absolute atomic E-state index is 13.2. The minimum Gasteiger partial charge on any atom is -0.436 e. The van der Waals surface area contributed by atoms with E-state index in [9.17, 15) is 14.0 Å². The summed E-state index contributed by atoms with van der Waals surface area (Å²) in [6.07, 6.45) is 1.54. The zero-order chi connectivity index (χ0) is 21.1. The Bertz CT molecular complexity index is 1230. The van der Waals surface area contributed by atoms with Crippen molar-refractivity contribution in [3.05, 3.63) is 95.9 Å². The van der Waals surface area contributed by atoms with Gasteiger partial charge in [0, 0.05) is 22.4 Å². The van der Waals surface area contributed by atoms with Gasteiger partial charge in [0.05, 0.1) is 11.8 Å². The van der Waals surface area contributed by atoms with E-state index in [0.29, 0.717) is 33.7 Å². The highest BCUT2D eigenvalue weighted by Crippen LogP contribution is 2.29. The van der Waals surface area contributed by atoms with Crippen LogP contribution in [0.2, 0.25) is 0 Å². The van der Waals surface area contributed by atoms with E-state index >= 15 is 0 Å². The van der Waals surface area contributed by atoms with Crippen LogP contribution >= 0.6 is 0 Å². The van der Waals surface area contributed by atoms with Gasteiger partial charge in [-0.15, -0.1) is 0 Å². The molecule has 0 fully saturated rings. The van der Waals surface area contributed by atoms with E-state index in [1.165, 1.54) is 25.3 Å². The Morgan fingerprint density at radius 1 is 0.967 bits per heavy atom. The molecule has 5 nitrogen and oxygen atoms in total. The Morgan fingerprint density at radius 3 is 2.50 bits per heavy atom. The van der Waals surface area contributed by atoms with Crippen LogP contribution in [0.5, 0.6) is 0 Å². The molecule has 0 atom stereocenters. The number of hydrogen-bond donors (Lipinski definition) is 1. The number of aromatic nitrogens is 1. The van der Waals surface area contributed by atoms with Crippen LogP contribution < -0.4 is 5.32 Å². The summed E-state index contributed by atoms with van der Waals surface area (Å²) in [7, 11) is 0. The lowest BCUT2D eigenvalue weighted by atomic mass is 10.1. The summed E-state index contributed by atoms with van der Waals surface area (Å²) in [5.74, 6) is -0.0336. The van der Waals surface area contributed by atoms with Crippen LogP contribution in [0.25, 0.3) is 22.8 Å². The molecular weight excluding hydrogens is 383 g/mol. The lowest BCUT2D eigenvalue weighted by Crippen LogP contribution is -2.13. The molecule has 0 saturated heterocycles. The van der Waals surface area contributed by atoms with Crippen molar-refractivity contribution in [2.75, 3.05) is 5.32 Å². The van der Waals surface area contributed by atoms with Gasteiger partial charge in [-0.25, -0.2) is 9.37 Å². The predicted molar refractivity (Wildman–Crippen MR) is 112 cm³/mol. The number of carbonyl (C=O) groups is 2. The number of nitrogens with zero attached hydrogens (tertiary/aromatic N) is 1. The first-order valence-electron chi connectivity index (χ1n) is 9.25. The first-order chi connectivity index (χ1) is 14.5. The number of Topliss-reactive ketones (excluding diaryl/α,β-unsaturated/α-hetero) is 1. The second-order valence-corrected chi connectivity index (χ2v) is 6.67. The second-order valence-electron chi connectivity index (χ2n) is 6.67. The number of anilines is 1. The molecule has 0 aliphatic carbocycles. The Morgan fingerprint density at radius 2 is 1.73 bits per heavy atom. The number of halogens is 1. The molecule has 1 heterocycles. The van der Waals surface area contributed by atoms with Gasteiger partial charge < -0.3 is 9.73 Å². The summed E-state index contributed by atoms with van der Waals surface area (Å²) in [6.45, 7) is 1.47. The first-order valence-corrected chi connectivity index (χ1v) is 9.25. The van der Waals surface area contributed by atoms with Gasteiger partial charge in [-0.2, -0.15) is 0 Å². The third-order valence-electron chi connectivity index (χ3n) is 4.56. The van der Waals surface area contributed by atoms with Gasteiger partial charge in [-0.3, -0.25) is 9.59 Å². The van der Waals surface area contributed by atoms with Crippen LogP contribution in [0.3, 0.4) is 0 Å². The van der Waals surface area contributed by atoms with E-state index in [-0.39, 0.29) is 23.4 Å². The van der Waals surface area contributed by atoms with Crippen LogP contribution in [-0.4, -0.2) is 16.7 Å². The lowest BCUT2D eigenvalue weighted by molar-refractivity contribution is 0.101. The summed E-state index contributed by atoms with van der Waals surface area (Å²) < 4.78 is 19.0. The van der Waals surface area contributed by atoms with Gasteiger partial charge in [0.2, 0.25) is 5.89 Å². The number of ketones is 1. The normalized spacial score (nSPS) is 10.6. The molecule has 148 valence electrons. The van der Waals surface area contributed by atoms with Crippen LogP contribution in [0.15, 0.2) is 83.4 Å². The van der Waals surface area contributed by atoms with E-state index in [0.717, 1.165) is 0 Å². The summed E-state index contributed by atoms with van der Waals surface area (Å²) in [4.78, 5) is 28.8. The molecule has 3 aromatic carbocycles. The smallest absolute Gasteiger partial charge is 0.256 e. The molecule has 6 heteroatoms. The molecule has 4 rings (SSSR count). The quantitative estimate of drug-likeness (QED) is 0.443.